The number of carbonyl (C=O) groups excluding carboxylic acids is 2. The Labute approximate surface area is 193 Å². The van der Waals surface area contributed by atoms with Crippen molar-refractivity contribution in [2.45, 2.75) is 39.5 Å². The van der Waals surface area contributed by atoms with Gasteiger partial charge >= 0.3 is 12.2 Å². The van der Waals surface area contributed by atoms with Crippen LogP contribution in [-0.2, 0) is 12.7 Å². The Morgan fingerprint density at radius 3 is 2.24 bits per heavy atom. The van der Waals surface area contributed by atoms with Crippen molar-refractivity contribution in [3.63, 3.8) is 0 Å². The Morgan fingerprint density at radius 2 is 1.67 bits per heavy atom. The van der Waals surface area contributed by atoms with Gasteiger partial charge in [0, 0.05) is 23.8 Å². The van der Waals surface area contributed by atoms with Crippen molar-refractivity contribution in [3.05, 3.63) is 70.2 Å². The van der Waals surface area contributed by atoms with Crippen LogP contribution >= 0.6 is 11.3 Å². The van der Waals surface area contributed by atoms with E-state index in [4.69, 9.17) is 0 Å². The smallest absolute Gasteiger partial charge is 0.347 e. The molecule has 3 N–H and O–H groups in total. The first-order valence-electron chi connectivity index (χ1n) is 10.1. The van der Waals surface area contributed by atoms with Crippen LogP contribution in [-0.4, -0.2) is 23.0 Å². The third-order valence-corrected chi connectivity index (χ3v) is 5.75. The van der Waals surface area contributed by atoms with Crippen molar-refractivity contribution in [1.29, 1.82) is 0 Å². The number of nitrogens with zero attached hydrogens (tertiary/aromatic N) is 1. The van der Waals surface area contributed by atoms with E-state index >= 15 is 0 Å². The van der Waals surface area contributed by atoms with Crippen LogP contribution in [0, 0.1) is 6.92 Å². The topological polar surface area (TPSA) is 83.1 Å². The van der Waals surface area contributed by atoms with E-state index < -0.39 is 11.7 Å². The third-order valence-electron chi connectivity index (χ3n) is 4.55. The zero-order valence-corrected chi connectivity index (χ0v) is 19.0. The highest BCUT2D eigenvalue weighted by Gasteiger charge is 2.30. The summed E-state index contributed by atoms with van der Waals surface area (Å²) in [4.78, 5) is 29.1. The number of rotatable bonds is 6. The highest BCUT2D eigenvalue weighted by molar-refractivity contribution is 7.17. The molecule has 0 bridgehead atoms. The Bertz CT molecular complexity index is 1120. The van der Waals surface area contributed by atoms with Gasteiger partial charge in [-0.3, -0.25) is 4.79 Å². The summed E-state index contributed by atoms with van der Waals surface area (Å²) < 4.78 is 38.3. The van der Waals surface area contributed by atoms with Gasteiger partial charge in [-0.1, -0.05) is 24.3 Å². The summed E-state index contributed by atoms with van der Waals surface area (Å²) in [7, 11) is 0. The lowest BCUT2D eigenvalue weighted by molar-refractivity contribution is -0.137. The molecule has 0 fully saturated rings. The van der Waals surface area contributed by atoms with Crippen LogP contribution in [0.4, 0.5) is 23.7 Å². The molecule has 0 unspecified atom stereocenters. The average Bonchev–Trinajstić information content (AvgIpc) is 3.13. The lowest BCUT2D eigenvalue weighted by Gasteiger charge is -2.10. The van der Waals surface area contributed by atoms with E-state index in [0.29, 0.717) is 26.8 Å². The van der Waals surface area contributed by atoms with Gasteiger partial charge in [0.1, 0.15) is 9.88 Å². The zero-order chi connectivity index (χ0) is 24.2. The predicted octanol–water partition coefficient (Wildman–Crippen LogP) is 5.60. The van der Waals surface area contributed by atoms with Crippen molar-refractivity contribution in [2.24, 2.45) is 0 Å². The summed E-state index contributed by atoms with van der Waals surface area (Å²) in [5, 5.41) is 8.75. The summed E-state index contributed by atoms with van der Waals surface area (Å²) in [6.45, 7) is 5.68. The van der Waals surface area contributed by atoms with Gasteiger partial charge in [-0.25, -0.2) is 9.78 Å². The predicted molar refractivity (Wildman–Crippen MR) is 122 cm³/mol. The third kappa shape index (κ3) is 6.55. The van der Waals surface area contributed by atoms with Crippen LogP contribution in [0.5, 0.6) is 0 Å². The molecule has 3 amide bonds. The molecule has 0 spiro atoms. The fraction of sp³-hybridized carbons (Fsp3) is 0.261. The molecule has 1 heterocycles. The number of aryl methyl sites for hydroxylation is 1. The monoisotopic (exact) mass is 476 g/mol. The quantitative estimate of drug-likeness (QED) is 0.433. The van der Waals surface area contributed by atoms with Crippen LogP contribution in [0.25, 0.3) is 10.6 Å². The number of alkyl halides is 3. The zero-order valence-electron chi connectivity index (χ0n) is 18.2. The lowest BCUT2D eigenvalue weighted by Crippen LogP contribution is -2.34. The van der Waals surface area contributed by atoms with Crippen molar-refractivity contribution < 1.29 is 22.8 Å². The SMILES string of the molecule is Cc1nc(-c2ccc(C(F)(F)F)cc2)sc1C(=O)NCc1ccc(NC(=O)NC(C)C)cc1. The molecule has 3 rings (SSSR count). The Balaban J connectivity index is 1.61. The first-order valence-corrected chi connectivity index (χ1v) is 10.9. The molecule has 0 saturated carbocycles. The largest absolute Gasteiger partial charge is 0.416 e. The molecule has 174 valence electrons. The fourth-order valence-corrected chi connectivity index (χ4v) is 3.92. The van der Waals surface area contributed by atoms with Crippen LogP contribution in [0.15, 0.2) is 48.5 Å². The molecular formula is C23H23F3N4O2S. The van der Waals surface area contributed by atoms with Gasteiger partial charge in [0.15, 0.2) is 0 Å². The number of aromatic nitrogens is 1. The lowest BCUT2D eigenvalue weighted by atomic mass is 10.1. The maximum absolute atomic E-state index is 12.8. The van der Waals surface area contributed by atoms with Gasteiger partial charge in [0.2, 0.25) is 0 Å². The second-order valence-electron chi connectivity index (χ2n) is 7.64. The standard InChI is InChI=1S/C23H23F3N4O2S/c1-13(2)28-22(32)30-18-10-4-15(5-11-18)12-27-20(31)19-14(3)29-21(33-19)16-6-8-17(9-7-16)23(24,25)26/h4-11,13H,12H2,1-3H3,(H,27,31)(H2,28,30,32). The Morgan fingerprint density at radius 1 is 1.03 bits per heavy atom. The van der Waals surface area contributed by atoms with Gasteiger partial charge in [0.25, 0.3) is 5.91 Å². The van der Waals surface area contributed by atoms with Crippen molar-refractivity contribution in [2.75, 3.05) is 5.32 Å². The number of benzene rings is 2. The number of hydrogen-bond acceptors (Lipinski definition) is 4. The number of hydrogen-bond donors (Lipinski definition) is 3. The van der Waals surface area contributed by atoms with Gasteiger partial charge in [-0.05, 0) is 50.6 Å². The molecular weight excluding hydrogens is 453 g/mol. The van der Waals surface area contributed by atoms with Crippen molar-refractivity contribution in [3.8, 4) is 10.6 Å². The number of thiazole rings is 1. The Hall–Kier alpha value is -3.40. The van der Waals surface area contributed by atoms with E-state index in [0.717, 1.165) is 29.0 Å². The van der Waals surface area contributed by atoms with Crippen molar-refractivity contribution in [1.82, 2.24) is 15.6 Å². The van der Waals surface area contributed by atoms with Crippen LogP contribution in [0.2, 0.25) is 0 Å². The molecule has 10 heteroatoms. The second kappa shape index (κ2) is 10.0. The number of carbonyl (C=O) groups is 2. The minimum absolute atomic E-state index is 0.0226. The van der Waals surface area contributed by atoms with E-state index in [1.54, 1.807) is 31.2 Å². The molecule has 0 radical (unpaired) electrons. The summed E-state index contributed by atoms with van der Waals surface area (Å²) in [5.74, 6) is -0.318. The van der Waals surface area contributed by atoms with Gasteiger partial charge in [0.05, 0.1) is 11.3 Å². The number of halogens is 3. The maximum Gasteiger partial charge on any atom is 0.416 e. The van der Waals surface area contributed by atoms with Gasteiger partial charge in [-0.15, -0.1) is 11.3 Å². The first-order chi connectivity index (χ1) is 15.5. The molecule has 33 heavy (non-hydrogen) atoms. The number of amides is 3. The highest BCUT2D eigenvalue weighted by atomic mass is 32.1. The summed E-state index contributed by atoms with van der Waals surface area (Å²) in [5.41, 5.74) is 1.74. The number of nitrogens with one attached hydrogen (secondary N) is 3. The molecule has 0 saturated heterocycles. The van der Waals surface area contributed by atoms with E-state index in [-0.39, 0.29) is 24.5 Å². The van der Waals surface area contributed by atoms with E-state index in [1.165, 1.54) is 12.1 Å². The summed E-state index contributed by atoms with van der Waals surface area (Å²) >= 11 is 1.12. The molecule has 0 atom stereocenters. The average molecular weight is 477 g/mol. The van der Waals surface area contributed by atoms with Gasteiger partial charge in [-0.2, -0.15) is 13.2 Å². The minimum Gasteiger partial charge on any atom is -0.347 e. The minimum atomic E-state index is -4.41. The second-order valence-corrected chi connectivity index (χ2v) is 8.64. The maximum atomic E-state index is 12.8. The van der Waals surface area contributed by atoms with Crippen LogP contribution < -0.4 is 16.0 Å². The molecule has 2 aromatic carbocycles. The van der Waals surface area contributed by atoms with E-state index in [2.05, 4.69) is 20.9 Å². The first kappa shape index (κ1) is 24.2. The summed E-state index contributed by atoms with van der Waals surface area (Å²) in [6.07, 6.45) is -4.41. The number of urea groups is 1. The Kier molecular flexibility index (Phi) is 7.37. The molecule has 0 aliphatic heterocycles. The summed E-state index contributed by atoms with van der Waals surface area (Å²) in [6, 6.07) is 11.5. The number of anilines is 1. The highest BCUT2D eigenvalue weighted by Crippen LogP contribution is 2.33. The molecule has 1 aromatic heterocycles. The molecule has 6 nitrogen and oxygen atoms in total. The van der Waals surface area contributed by atoms with Crippen LogP contribution in [0.3, 0.4) is 0 Å². The fourth-order valence-electron chi connectivity index (χ4n) is 2.93. The van der Waals surface area contributed by atoms with Crippen molar-refractivity contribution >= 4 is 29.0 Å². The van der Waals surface area contributed by atoms with Crippen LogP contribution in [0.1, 0.15) is 40.3 Å². The van der Waals surface area contributed by atoms with E-state index in [1.807, 2.05) is 13.8 Å². The molecule has 0 aliphatic carbocycles. The molecule has 3 aromatic rings. The van der Waals surface area contributed by atoms with Gasteiger partial charge < -0.3 is 16.0 Å². The normalized spacial score (nSPS) is 11.4. The molecule has 0 aliphatic rings. The van der Waals surface area contributed by atoms with E-state index in [9.17, 15) is 22.8 Å².